The molecule has 1 aromatic carbocycles. The molecule has 0 atom stereocenters. The number of nitro groups is 1. The SMILES string of the molecule is O=C(C=Cc1ccc([N+](=O)[O-])o1)N1CCC(c2nccn2Cc2nccn2Cc2ccccc2)CC1. The zero-order chi connectivity index (χ0) is 24.9. The molecule has 1 saturated heterocycles. The van der Waals surface area contributed by atoms with Crippen molar-refractivity contribution in [3.05, 3.63) is 106 Å². The summed E-state index contributed by atoms with van der Waals surface area (Å²) in [4.78, 5) is 33.7. The van der Waals surface area contributed by atoms with Crippen LogP contribution in [-0.2, 0) is 17.9 Å². The Kier molecular flexibility index (Phi) is 6.74. The summed E-state index contributed by atoms with van der Waals surface area (Å²) in [7, 11) is 0. The number of carbonyl (C=O) groups excluding carboxylic acids is 1. The van der Waals surface area contributed by atoms with Crippen LogP contribution < -0.4 is 0 Å². The summed E-state index contributed by atoms with van der Waals surface area (Å²) in [6.45, 7) is 2.62. The first-order valence-corrected chi connectivity index (χ1v) is 11.8. The van der Waals surface area contributed by atoms with Crippen molar-refractivity contribution in [2.45, 2.75) is 31.8 Å². The fraction of sp³-hybridized carbons (Fsp3) is 0.269. The van der Waals surface area contributed by atoms with Gasteiger partial charge >= 0.3 is 5.88 Å². The summed E-state index contributed by atoms with van der Waals surface area (Å²) in [5.74, 6) is 2.01. The van der Waals surface area contributed by atoms with Gasteiger partial charge in [0.1, 0.15) is 22.3 Å². The number of likely N-dealkylation sites (tertiary alicyclic amines) is 1. The monoisotopic (exact) mass is 486 g/mol. The van der Waals surface area contributed by atoms with Crippen LogP contribution in [0, 0.1) is 10.1 Å². The molecule has 36 heavy (non-hydrogen) atoms. The third-order valence-corrected chi connectivity index (χ3v) is 6.41. The minimum absolute atomic E-state index is 0.140. The van der Waals surface area contributed by atoms with Crippen LogP contribution in [0.5, 0.6) is 0 Å². The number of nitrogens with zero attached hydrogens (tertiary/aromatic N) is 6. The van der Waals surface area contributed by atoms with Gasteiger partial charge in [-0.15, -0.1) is 0 Å². The lowest BCUT2D eigenvalue weighted by Crippen LogP contribution is -2.37. The Hall–Kier alpha value is -4.47. The van der Waals surface area contributed by atoms with Crippen LogP contribution in [0.25, 0.3) is 6.08 Å². The molecule has 4 aromatic rings. The lowest BCUT2D eigenvalue weighted by molar-refractivity contribution is -0.402. The third kappa shape index (κ3) is 5.27. The van der Waals surface area contributed by atoms with Crippen LogP contribution in [0.3, 0.4) is 0 Å². The molecule has 10 heteroatoms. The molecular formula is C26H26N6O4. The van der Waals surface area contributed by atoms with Crippen LogP contribution in [0.4, 0.5) is 5.88 Å². The minimum atomic E-state index is -0.607. The van der Waals surface area contributed by atoms with E-state index in [2.05, 4.69) is 31.2 Å². The van der Waals surface area contributed by atoms with Crippen molar-refractivity contribution >= 4 is 17.9 Å². The second-order valence-corrected chi connectivity index (χ2v) is 8.74. The number of furan rings is 1. The quantitative estimate of drug-likeness (QED) is 0.211. The molecule has 3 aromatic heterocycles. The molecule has 0 aliphatic carbocycles. The Morgan fingerprint density at radius 2 is 1.78 bits per heavy atom. The van der Waals surface area contributed by atoms with Crippen molar-refractivity contribution < 1.29 is 14.1 Å². The molecule has 0 spiro atoms. The lowest BCUT2D eigenvalue weighted by Gasteiger charge is -2.31. The van der Waals surface area contributed by atoms with Crippen molar-refractivity contribution in [1.29, 1.82) is 0 Å². The molecule has 0 N–H and O–H groups in total. The van der Waals surface area contributed by atoms with E-state index in [1.165, 1.54) is 29.8 Å². The normalized spacial score (nSPS) is 14.5. The topological polar surface area (TPSA) is 112 Å². The van der Waals surface area contributed by atoms with Gasteiger partial charge in [0.05, 0.1) is 12.6 Å². The lowest BCUT2D eigenvalue weighted by atomic mass is 9.95. The maximum Gasteiger partial charge on any atom is 0.433 e. The van der Waals surface area contributed by atoms with Crippen LogP contribution in [0.1, 0.15) is 41.7 Å². The van der Waals surface area contributed by atoms with Crippen molar-refractivity contribution in [1.82, 2.24) is 24.0 Å². The fourth-order valence-electron chi connectivity index (χ4n) is 4.53. The summed E-state index contributed by atoms with van der Waals surface area (Å²) in [5.41, 5.74) is 1.22. The van der Waals surface area contributed by atoms with E-state index in [9.17, 15) is 14.9 Å². The first-order chi connectivity index (χ1) is 17.6. The highest BCUT2D eigenvalue weighted by Gasteiger charge is 2.26. The van der Waals surface area contributed by atoms with Crippen molar-refractivity contribution in [3.63, 3.8) is 0 Å². The Morgan fingerprint density at radius 1 is 1.03 bits per heavy atom. The van der Waals surface area contributed by atoms with Gasteiger partial charge < -0.3 is 18.5 Å². The van der Waals surface area contributed by atoms with E-state index in [0.29, 0.717) is 19.6 Å². The number of rotatable bonds is 8. The number of carbonyl (C=O) groups is 1. The number of aromatic nitrogens is 4. The van der Waals surface area contributed by atoms with E-state index in [-0.39, 0.29) is 23.5 Å². The standard InChI is InChI=1S/C26H26N6O4/c33-24(8-6-22-7-9-25(36-22)32(34)35)29-14-10-21(11-15-29)26-28-13-17-31(26)19-23-27-12-16-30(23)18-20-4-2-1-3-5-20/h1-9,12-13,16-17,21H,10-11,14-15,18-19H2. The molecular weight excluding hydrogens is 460 g/mol. The van der Waals surface area contributed by atoms with Crippen molar-refractivity contribution in [3.8, 4) is 0 Å². The van der Waals surface area contributed by atoms with Gasteiger partial charge in [0.2, 0.25) is 5.91 Å². The molecule has 10 nitrogen and oxygen atoms in total. The highest BCUT2D eigenvalue weighted by molar-refractivity contribution is 5.91. The Morgan fingerprint density at radius 3 is 2.53 bits per heavy atom. The third-order valence-electron chi connectivity index (χ3n) is 6.41. The van der Waals surface area contributed by atoms with E-state index in [4.69, 9.17) is 4.42 Å². The predicted molar refractivity (Wildman–Crippen MR) is 132 cm³/mol. The number of amides is 1. The number of hydrogen-bond donors (Lipinski definition) is 0. The predicted octanol–water partition coefficient (Wildman–Crippen LogP) is 4.10. The Balaban J connectivity index is 1.19. The van der Waals surface area contributed by atoms with Gasteiger partial charge in [0.25, 0.3) is 0 Å². The van der Waals surface area contributed by atoms with E-state index in [1.807, 2.05) is 43.0 Å². The van der Waals surface area contributed by atoms with Gasteiger partial charge in [0, 0.05) is 56.4 Å². The van der Waals surface area contributed by atoms with Gasteiger partial charge in [-0.05, 0) is 30.5 Å². The maximum absolute atomic E-state index is 12.6. The molecule has 1 aliphatic rings. The fourth-order valence-corrected chi connectivity index (χ4v) is 4.53. The minimum Gasteiger partial charge on any atom is -0.401 e. The molecule has 0 radical (unpaired) electrons. The summed E-state index contributed by atoms with van der Waals surface area (Å²) in [6, 6.07) is 13.0. The zero-order valence-electron chi connectivity index (χ0n) is 19.6. The van der Waals surface area contributed by atoms with Gasteiger partial charge in [0.15, 0.2) is 0 Å². The highest BCUT2D eigenvalue weighted by atomic mass is 16.6. The smallest absolute Gasteiger partial charge is 0.401 e. The molecule has 184 valence electrons. The first kappa shape index (κ1) is 23.3. The molecule has 5 rings (SSSR count). The number of hydrogen-bond acceptors (Lipinski definition) is 6. The van der Waals surface area contributed by atoms with E-state index in [1.54, 1.807) is 4.90 Å². The summed E-state index contributed by atoms with van der Waals surface area (Å²) >= 11 is 0. The van der Waals surface area contributed by atoms with Gasteiger partial charge in [-0.1, -0.05) is 30.3 Å². The Labute approximate surface area is 207 Å². The van der Waals surface area contributed by atoms with E-state index in [0.717, 1.165) is 31.0 Å². The number of imidazole rings is 2. The first-order valence-electron chi connectivity index (χ1n) is 11.8. The van der Waals surface area contributed by atoms with Crippen LogP contribution in [-0.4, -0.2) is 47.9 Å². The molecule has 1 amide bonds. The second kappa shape index (κ2) is 10.4. The average Bonchev–Trinajstić information content (AvgIpc) is 3.66. The highest BCUT2D eigenvalue weighted by Crippen LogP contribution is 2.27. The molecule has 1 fully saturated rings. The van der Waals surface area contributed by atoms with Gasteiger partial charge in [-0.25, -0.2) is 9.97 Å². The van der Waals surface area contributed by atoms with Crippen LogP contribution in [0.15, 0.2) is 77.7 Å². The van der Waals surface area contributed by atoms with E-state index < -0.39 is 4.92 Å². The summed E-state index contributed by atoms with van der Waals surface area (Å²) in [6.07, 6.45) is 12.1. The molecule has 1 aliphatic heterocycles. The molecule has 0 unspecified atom stereocenters. The van der Waals surface area contributed by atoms with Crippen LogP contribution >= 0.6 is 0 Å². The van der Waals surface area contributed by atoms with Crippen molar-refractivity contribution in [2.75, 3.05) is 13.1 Å². The largest absolute Gasteiger partial charge is 0.433 e. The van der Waals surface area contributed by atoms with Crippen molar-refractivity contribution in [2.24, 2.45) is 0 Å². The maximum atomic E-state index is 12.6. The summed E-state index contributed by atoms with van der Waals surface area (Å²) < 4.78 is 9.37. The molecule has 0 saturated carbocycles. The number of benzene rings is 1. The summed E-state index contributed by atoms with van der Waals surface area (Å²) in [5, 5.41) is 10.7. The second-order valence-electron chi connectivity index (χ2n) is 8.74. The Bertz CT molecular complexity index is 1360. The van der Waals surface area contributed by atoms with Gasteiger partial charge in [-0.2, -0.15) is 0 Å². The number of piperidine rings is 1. The average molecular weight is 487 g/mol. The molecule has 4 heterocycles. The van der Waals surface area contributed by atoms with Gasteiger partial charge in [-0.3, -0.25) is 14.9 Å². The molecule has 0 bridgehead atoms. The zero-order valence-corrected chi connectivity index (χ0v) is 19.6. The van der Waals surface area contributed by atoms with E-state index >= 15 is 0 Å². The van der Waals surface area contributed by atoms with Crippen LogP contribution in [0.2, 0.25) is 0 Å².